The van der Waals surface area contributed by atoms with Gasteiger partial charge >= 0.3 is 0 Å². The first-order valence-corrected chi connectivity index (χ1v) is 9.84. The van der Waals surface area contributed by atoms with E-state index in [1.54, 1.807) is 0 Å². The third-order valence-electron chi connectivity index (χ3n) is 4.57. The fraction of sp³-hybridized carbons (Fsp3) is 0.381. The van der Waals surface area contributed by atoms with Crippen LogP contribution in [-0.2, 0) is 6.42 Å². The lowest BCUT2D eigenvalue weighted by atomic mass is 9.90. The van der Waals surface area contributed by atoms with E-state index in [0.29, 0.717) is 11.8 Å². The van der Waals surface area contributed by atoms with Gasteiger partial charge in [0, 0.05) is 0 Å². The van der Waals surface area contributed by atoms with E-state index in [4.69, 9.17) is 5.73 Å². The molecule has 126 valence electrons. The molecule has 0 saturated carbocycles. The molecule has 2 aromatic rings. The summed E-state index contributed by atoms with van der Waals surface area (Å²) < 4.78 is 0. The molecule has 2 N–H and O–H groups in total. The normalized spacial score (nSPS) is 16.3. The van der Waals surface area contributed by atoms with Gasteiger partial charge in [-0.05, 0) is 73.3 Å². The number of amidine groups is 1. The first-order chi connectivity index (χ1) is 11.6. The van der Waals surface area contributed by atoms with E-state index in [0.717, 1.165) is 12.1 Å². The Kier molecular flexibility index (Phi) is 5.62. The summed E-state index contributed by atoms with van der Waals surface area (Å²) in [7, 11) is 0. The summed E-state index contributed by atoms with van der Waals surface area (Å²) in [5, 5.41) is 0. The first kappa shape index (κ1) is 17.1. The molecule has 0 aliphatic carbocycles. The van der Waals surface area contributed by atoms with E-state index in [9.17, 15) is 0 Å². The van der Waals surface area contributed by atoms with Crippen LogP contribution in [0.1, 0.15) is 47.9 Å². The lowest BCUT2D eigenvalue weighted by molar-refractivity contribution is 0.636. The quantitative estimate of drug-likeness (QED) is 0.614. The van der Waals surface area contributed by atoms with Crippen LogP contribution in [0.3, 0.4) is 0 Å². The highest BCUT2D eigenvalue weighted by molar-refractivity contribution is 7.99. The van der Waals surface area contributed by atoms with Crippen LogP contribution in [0.25, 0.3) is 0 Å². The Morgan fingerprint density at radius 3 is 2.67 bits per heavy atom. The highest BCUT2D eigenvalue weighted by Crippen LogP contribution is 2.34. The number of thioether (sulfide) groups is 1. The van der Waals surface area contributed by atoms with Crippen LogP contribution in [0, 0.1) is 6.92 Å². The molecule has 1 aliphatic rings. The fourth-order valence-electron chi connectivity index (χ4n) is 3.37. The summed E-state index contributed by atoms with van der Waals surface area (Å²) >= 11 is 2.07. The molecule has 1 fully saturated rings. The van der Waals surface area contributed by atoms with Gasteiger partial charge in [-0.25, -0.2) is 4.99 Å². The molecule has 0 radical (unpaired) electrons. The Balaban J connectivity index is 1.94. The van der Waals surface area contributed by atoms with E-state index in [1.165, 1.54) is 46.6 Å². The standard InChI is InChI=1S/C21H26N2S/c1-15-4-3-5-17(12-15)13-20-14-19(18-8-10-24-11-9-18)6-7-21(20)23-16(2)22/h3-7,12,14,18H,8-11,13H2,1-2H3,(H2,22,23). The van der Waals surface area contributed by atoms with Gasteiger partial charge in [-0.15, -0.1) is 0 Å². The molecule has 0 aromatic heterocycles. The second-order valence-corrected chi connectivity index (χ2v) is 7.92. The smallest absolute Gasteiger partial charge is 0.0965 e. The van der Waals surface area contributed by atoms with Gasteiger partial charge in [-0.2, -0.15) is 11.8 Å². The number of benzene rings is 2. The highest BCUT2D eigenvalue weighted by Gasteiger charge is 2.17. The Labute approximate surface area is 149 Å². The molecule has 0 atom stereocenters. The van der Waals surface area contributed by atoms with Crippen molar-refractivity contribution in [3.63, 3.8) is 0 Å². The summed E-state index contributed by atoms with van der Waals surface area (Å²) in [4.78, 5) is 4.55. The lowest BCUT2D eigenvalue weighted by Gasteiger charge is -2.22. The molecule has 2 nitrogen and oxygen atoms in total. The Hall–Kier alpha value is -1.74. The van der Waals surface area contributed by atoms with Crippen LogP contribution < -0.4 is 5.73 Å². The van der Waals surface area contributed by atoms with Crippen LogP contribution in [-0.4, -0.2) is 17.3 Å². The third-order valence-corrected chi connectivity index (χ3v) is 5.62. The number of nitrogens with two attached hydrogens (primary N) is 1. The molecule has 1 aliphatic heterocycles. The zero-order valence-corrected chi connectivity index (χ0v) is 15.4. The molecular formula is C21H26N2S. The van der Waals surface area contributed by atoms with Gasteiger partial charge in [0.2, 0.25) is 0 Å². The van der Waals surface area contributed by atoms with E-state index in [1.807, 2.05) is 6.92 Å². The first-order valence-electron chi connectivity index (χ1n) is 8.68. The molecule has 1 heterocycles. The van der Waals surface area contributed by atoms with E-state index in [2.05, 4.69) is 66.1 Å². The van der Waals surface area contributed by atoms with Crippen molar-refractivity contribution < 1.29 is 0 Å². The molecule has 0 spiro atoms. The summed E-state index contributed by atoms with van der Waals surface area (Å²) in [6, 6.07) is 15.5. The van der Waals surface area contributed by atoms with Crippen molar-refractivity contribution in [2.75, 3.05) is 11.5 Å². The highest BCUT2D eigenvalue weighted by atomic mass is 32.2. The number of aryl methyl sites for hydroxylation is 1. The second kappa shape index (κ2) is 7.89. The predicted octanol–water partition coefficient (Wildman–Crippen LogP) is 5.21. The molecule has 0 amide bonds. The molecule has 3 heteroatoms. The van der Waals surface area contributed by atoms with Crippen molar-refractivity contribution >= 4 is 23.3 Å². The monoisotopic (exact) mass is 338 g/mol. The molecule has 0 bridgehead atoms. The number of hydrogen-bond acceptors (Lipinski definition) is 2. The SMILES string of the molecule is CC(N)=Nc1ccc(C2CCSCC2)cc1Cc1cccc(C)c1. The van der Waals surface area contributed by atoms with Gasteiger partial charge in [0.1, 0.15) is 0 Å². The van der Waals surface area contributed by atoms with Crippen molar-refractivity contribution in [2.45, 2.75) is 39.0 Å². The number of hydrogen-bond donors (Lipinski definition) is 1. The van der Waals surface area contributed by atoms with Crippen molar-refractivity contribution in [3.05, 3.63) is 64.7 Å². The van der Waals surface area contributed by atoms with Gasteiger partial charge in [-0.3, -0.25) is 0 Å². The molecule has 3 rings (SSSR count). The lowest BCUT2D eigenvalue weighted by Crippen LogP contribution is -2.08. The Morgan fingerprint density at radius 1 is 1.17 bits per heavy atom. The van der Waals surface area contributed by atoms with E-state index in [-0.39, 0.29) is 0 Å². The molecular weight excluding hydrogens is 312 g/mol. The van der Waals surface area contributed by atoms with E-state index >= 15 is 0 Å². The van der Waals surface area contributed by atoms with E-state index < -0.39 is 0 Å². The van der Waals surface area contributed by atoms with Crippen LogP contribution in [0.2, 0.25) is 0 Å². The minimum atomic E-state index is 0.613. The largest absolute Gasteiger partial charge is 0.387 e. The number of aliphatic imine (C=N–C) groups is 1. The average Bonchev–Trinajstić information content (AvgIpc) is 2.57. The van der Waals surface area contributed by atoms with Crippen LogP contribution in [0.4, 0.5) is 5.69 Å². The minimum Gasteiger partial charge on any atom is -0.387 e. The van der Waals surface area contributed by atoms with Gasteiger partial charge in [0.05, 0.1) is 11.5 Å². The maximum atomic E-state index is 5.84. The fourth-order valence-corrected chi connectivity index (χ4v) is 4.48. The number of nitrogens with zero attached hydrogens (tertiary/aromatic N) is 1. The van der Waals surface area contributed by atoms with Gasteiger partial charge in [0.25, 0.3) is 0 Å². The Bertz CT molecular complexity index is 726. The Morgan fingerprint density at radius 2 is 1.96 bits per heavy atom. The van der Waals surface area contributed by atoms with Gasteiger partial charge < -0.3 is 5.73 Å². The predicted molar refractivity (Wildman–Crippen MR) is 107 cm³/mol. The van der Waals surface area contributed by atoms with Gasteiger partial charge in [-0.1, -0.05) is 42.0 Å². The average molecular weight is 339 g/mol. The van der Waals surface area contributed by atoms with Gasteiger partial charge in [0.15, 0.2) is 0 Å². The summed E-state index contributed by atoms with van der Waals surface area (Å²) in [6.07, 6.45) is 3.48. The van der Waals surface area contributed by atoms with Crippen molar-refractivity contribution in [1.82, 2.24) is 0 Å². The second-order valence-electron chi connectivity index (χ2n) is 6.69. The molecule has 2 aromatic carbocycles. The zero-order valence-electron chi connectivity index (χ0n) is 14.6. The molecule has 0 unspecified atom stereocenters. The maximum absolute atomic E-state index is 5.84. The zero-order chi connectivity index (χ0) is 16.9. The van der Waals surface area contributed by atoms with Crippen molar-refractivity contribution in [3.8, 4) is 0 Å². The minimum absolute atomic E-state index is 0.613. The topological polar surface area (TPSA) is 38.4 Å². The third kappa shape index (κ3) is 4.41. The molecule has 1 saturated heterocycles. The van der Waals surface area contributed by atoms with Crippen LogP contribution in [0.5, 0.6) is 0 Å². The molecule has 24 heavy (non-hydrogen) atoms. The summed E-state index contributed by atoms with van der Waals surface area (Å²) in [6.45, 7) is 3.99. The maximum Gasteiger partial charge on any atom is 0.0965 e. The summed E-state index contributed by atoms with van der Waals surface area (Å²) in [5.74, 6) is 3.86. The van der Waals surface area contributed by atoms with Crippen molar-refractivity contribution in [1.29, 1.82) is 0 Å². The summed E-state index contributed by atoms with van der Waals surface area (Å²) in [5.41, 5.74) is 12.2. The van der Waals surface area contributed by atoms with Crippen molar-refractivity contribution in [2.24, 2.45) is 10.7 Å². The van der Waals surface area contributed by atoms with Crippen LogP contribution in [0.15, 0.2) is 47.5 Å². The van der Waals surface area contributed by atoms with Crippen LogP contribution >= 0.6 is 11.8 Å². The number of rotatable bonds is 4.